The second-order valence-corrected chi connectivity index (χ2v) is 11.0. The van der Waals surface area contributed by atoms with E-state index in [1.165, 1.54) is 54.7 Å². The highest BCUT2D eigenvalue weighted by atomic mass is 32.2. The van der Waals surface area contributed by atoms with Crippen molar-refractivity contribution in [2.45, 2.75) is 45.4 Å². The van der Waals surface area contributed by atoms with E-state index in [-0.39, 0.29) is 11.3 Å². The molecule has 1 saturated heterocycles. The topological polar surface area (TPSA) is 57.7 Å². The summed E-state index contributed by atoms with van der Waals surface area (Å²) >= 11 is 0. The van der Waals surface area contributed by atoms with Gasteiger partial charge in [0.1, 0.15) is 0 Å². The molecule has 5 nitrogen and oxygen atoms in total. The maximum atomic E-state index is 12.7. The summed E-state index contributed by atoms with van der Waals surface area (Å²) in [5.41, 5.74) is 1.56. The second kappa shape index (κ2) is 6.08. The Bertz CT molecular complexity index is 654. The molecule has 4 aliphatic carbocycles. The molecular weight excluding hydrogens is 336 g/mol. The summed E-state index contributed by atoms with van der Waals surface area (Å²) in [6.07, 6.45) is 11.2. The highest BCUT2D eigenvalue weighted by Crippen LogP contribution is 2.62. The van der Waals surface area contributed by atoms with Crippen LogP contribution in [0, 0.1) is 23.2 Å². The summed E-state index contributed by atoms with van der Waals surface area (Å²) < 4.78 is 24.7. The van der Waals surface area contributed by atoms with Crippen LogP contribution in [0.15, 0.2) is 11.6 Å². The van der Waals surface area contributed by atoms with Crippen LogP contribution in [0.1, 0.15) is 45.4 Å². The molecule has 1 heterocycles. The SMILES string of the molecule is C/C(=C\C(=O)N1CCN(S(C)(=O)=O)CC1)C12CC3CC(CC(C3)C1)C2. The second-order valence-electron chi connectivity index (χ2n) is 9.01. The Hall–Kier alpha value is -0.880. The first-order valence-corrected chi connectivity index (χ1v) is 11.5. The van der Waals surface area contributed by atoms with Gasteiger partial charge >= 0.3 is 0 Å². The minimum Gasteiger partial charge on any atom is -0.337 e. The van der Waals surface area contributed by atoms with Crippen molar-refractivity contribution in [2.24, 2.45) is 23.2 Å². The zero-order valence-corrected chi connectivity index (χ0v) is 16.2. The lowest BCUT2D eigenvalue weighted by atomic mass is 9.48. The van der Waals surface area contributed by atoms with Gasteiger partial charge < -0.3 is 4.90 Å². The molecule has 0 aromatic rings. The summed E-state index contributed by atoms with van der Waals surface area (Å²) in [5.74, 6) is 2.70. The van der Waals surface area contributed by atoms with E-state index in [0.717, 1.165) is 17.8 Å². The van der Waals surface area contributed by atoms with Gasteiger partial charge in [0.05, 0.1) is 6.26 Å². The molecule has 1 aliphatic heterocycles. The van der Waals surface area contributed by atoms with E-state index in [4.69, 9.17) is 0 Å². The van der Waals surface area contributed by atoms with Gasteiger partial charge in [0.25, 0.3) is 0 Å². The Morgan fingerprint density at radius 2 is 1.44 bits per heavy atom. The van der Waals surface area contributed by atoms with Crippen molar-refractivity contribution < 1.29 is 13.2 Å². The van der Waals surface area contributed by atoms with Crippen LogP contribution in [0.4, 0.5) is 0 Å². The molecule has 0 aromatic heterocycles. The molecule has 140 valence electrons. The highest BCUT2D eigenvalue weighted by Gasteiger charge is 2.51. The number of hydrogen-bond donors (Lipinski definition) is 0. The molecule has 0 N–H and O–H groups in total. The van der Waals surface area contributed by atoms with Crippen LogP contribution < -0.4 is 0 Å². The lowest BCUT2D eigenvalue weighted by Crippen LogP contribution is -2.50. The van der Waals surface area contributed by atoms with Crippen LogP contribution in [-0.4, -0.2) is 56.0 Å². The van der Waals surface area contributed by atoms with Gasteiger partial charge in [0.15, 0.2) is 0 Å². The summed E-state index contributed by atoms with van der Waals surface area (Å²) in [6, 6.07) is 0. The van der Waals surface area contributed by atoms with Crippen molar-refractivity contribution in [2.75, 3.05) is 32.4 Å². The summed E-state index contributed by atoms with van der Waals surface area (Å²) in [7, 11) is -3.15. The van der Waals surface area contributed by atoms with Crippen molar-refractivity contribution in [1.82, 2.24) is 9.21 Å². The van der Waals surface area contributed by atoms with Crippen LogP contribution in [0.5, 0.6) is 0 Å². The van der Waals surface area contributed by atoms with E-state index in [9.17, 15) is 13.2 Å². The van der Waals surface area contributed by atoms with Crippen LogP contribution in [0.25, 0.3) is 0 Å². The smallest absolute Gasteiger partial charge is 0.246 e. The minimum absolute atomic E-state index is 0.0707. The summed E-state index contributed by atoms with van der Waals surface area (Å²) in [5, 5.41) is 0. The molecule has 1 amide bonds. The first-order valence-electron chi connectivity index (χ1n) is 9.68. The molecule has 0 unspecified atom stereocenters. The predicted octanol–water partition coefficient (Wildman–Crippen LogP) is 2.25. The third-order valence-electron chi connectivity index (χ3n) is 7.23. The molecule has 5 aliphatic rings. The average Bonchev–Trinajstić information content (AvgIpc) is 2.52. The highest BCUT2D eigenvalue weighted by molar-refractivity contribution is 7.88. The number of allylic oxidation sites excluding steroid dienone is 1. The number of rotatable bonds is 3. The quantitative estimate of drug-likeness (QED) is 0.720. The van der Waals surface area contributed by atoms with Gasteiger partial charge in [-0.25, -0.2) is 8.42 Å². The number of carbonyl (C=O) groups excluding carboxylic acids is 1. The van der Waals surface area contributed by atoms with E-state index in [1.54, 1.807) is 0 Å². The largest absolute Gasteiger partial charge is 0.337 e. The monoisotopic (exact) mass is 366 g/mol. The van der Waals surface area contributed by atoms with E-state index >= 15 is 0 Å². The van der Waals surface area contributed by atoms with Crippen molar-refractivity contribution >= 4 is 15.9 Å². The molecule has 6 heteroatoms. The fourth-order valence-corrected chi connectivity index (χ4v) is 7.09. The Morgan fingerprint density at radius 3 is 1.88 bits per heavy atom. The van der Waals surface area contributed by atoms with E-state index in [1.807, 2.05) is 11.0 Å². The number of sulfonamides is 1. The Morgan fingerprint density at radius 1 is 0.960 bits per heavy atom. The zero-order chi connectivity index (χ0) is 17.8. The molecule has 5 rings (SSSR count). The van der Waals surface area contributed by atoms with Gasteiger partial charge in [-0.05, 0) is 68.6 Å². The Labute approximate surface area is 151 Å². The van der Waals surface area contributed by atoms with Gasteiger partial charge in [-0.3, -0.25) is 4.79 Å². The molecular formula is C19H30N2O3S. The standard InChI is InChI=1S/C19H30N2O3S/c1-14(19-11-15-8-16(12-19)10-17(9-15)13-19)7-18(22)20-3-5-21(6-4-20)25(2,23)24/h7,15-17H,3-6,8-13H2,1-2H3/b14-7+. The summed E-state index contributed by atoms with van der Waals surface area (Å²) in [4.78, 5) is 14.6. The van der Waals surface area contributed by atoms with Crippen molar-refractivity contribution in [3.8, 4) is 0 Å². The third kappa shape index (κ3) is 3.27. The lowest BCUT2D eigenvalue weighted by molar-refractivity contribution is -0.127. The summed E-state index contributed by atoms with van der Waals surface area (Å²) in [6.45, 7) is 3.98. The molecule has 25 heavy (non-hydrogen) atoms. The number of carbonyl (C=O) groups is 1. The number of piperazine rings is 1. The fourth-order valence-electron chi connectivity index (χ4n) is 6.26. The van der Waals surface area contributed by atoms with E-state index < -0.39 is 10.0 Å². The van der Waals surface area contributed by atoms with Crippen LogP contribution in [0.2, 0.25) is 0 Å². The van der Waals surface area contributed by atoms with Gasteiger partial charge in [0, 0.05) is 32.3 Å². The number of amides is 1. The minimum atomic E-state index is -3.15. The van der Waals surface area contributed by atoms with E-state index in [0.29, 0.717) is 26.2 Å². The number of hydrogen-bond acceptors (Lipinski definition) is 3. The van der Waals surface area contributed by atoms with Crippen molar-refractivity contribution in [3.63, 3.8) is 0 Å². The maximum Gasteiger partial charge on any atom is 0.246 e. The van der Waals surface area contributed by atoms with E-state index in [2.05, 4.69) is 6.92 Å². The molecule has 0 atom stereocenters. The Balaban J connectivity index is 1.43. The molecule has 0 radical (unpaired) electrons. The third-order valence-corrected chi connectivity index (χ3v) is 8.54. The first-order chi connectivity index (χ1) is 11.7. The predicted molar refractivity (Wildman–Crippen MR) is 97.4 cm³/mol. The van der Waals surface area contributed by atoms with Crippen LogP contribution >= 0.6 is 0 Å². The van der Waals surface area contributed by atoms with Gasteiger partial charge in [-0.2, -0.15) is 4.31 Å². The molecule has 4 bridgehead atoms. The number of nitrogens with zero attached hydrogens (tertiary/aromatic N) is 2. The zero-order valence-electron chi connectivity index (χ0n) is 15.4. The molecule has 4 saturated carbocycles. The first kappa shape index (κ1) is 17.5. The van der Waals surface area contributed by atoms with Gasteiger partial charge in [-0.15, -0.1) is 0 Å². The average molecular weight is 367 g/mol. The van der Waals surface area contributed by atoms with Crippen molar-refractivity contribution in [1.29, 1.82) is 0 Å². The van der Waals surface area contributed by atoms with Crippen LogP contribution in [0.3, 0.4) is 0 Å². The lowest BCUT2D eigenvalue weighted by Gasteiger charge is -2.57. The van der Waals surface area contributed by atoms with Gasteiger partial charge in [0.2, 0.25) is 15.9 Å². The molecule has 5 fully saturated rings. The fraction of sp³-hybridized carbons (Fsp3) is 0.842. The van der Waals surface area contributed by atoms with Crippen molar-refractivity contribution in [3.05, 3.63) is 11.6 Å². The van der Waals surface area contributed by atoms with Crippen LogP contribution in [-0.2, 0) is 14.8 Å². The maximum absolute atomic E-state index is 12.7. The Kier molecular flexibility index (Phi) is 4.27. The molecule has 0 spiro atoms. The molecule has 0 aromatic carbocycles. The van der Waals surface area contributed by atoms with Gasteiger partial charge in [-0.1, -0.05) is 5.57 Å². The normalized spacial score (nSPS) is 39.0.